The van der Waals surface area contributed by atoms with Crippen LogP contribution in [0.4, 0.5) is 24.0 Å². The average Bonchev–Trinajstić information content (AvgIpc) is 0.876. The van der Waals surface area contributed by atoms with Crippen LogP contribution in [0.5, 0.6) is 0 Å². The zero-order chi connectivity index (χ0) is 119. The first-order valence-electron chi connectivity index (χ1n) is 44.2. The Labute approximate surface area is 883 Å². The molecule has 0 atom stereocenters. The molecule has 8 amide bonds. The van der Waals surface area contributed by atoms with E-state index in [0.29, 0.717) is 4.87 Å². The minimum Gasteiger partial charge on any atom is -0.453 e. The second-order valence-electron chi connectivity index (χ2n) is 36.4. The summed E-state index contributed by atoms with van der Waals surface area (Å²) in [6.07, 6.45) is 5.02. The molecule has 1 N–H and O–H groups in total. The Morgan fingerprint density at radius 1 is 0.319 bits per heavy atom. The smallest absolute Gasteiger partial charge is 0.408 e. The Kier molecular flexibility index (Phi) is 124. The molecule has 49 heteroatoms. The van der Waals surface area contributed by atoms with Crippen molar-refractivity contribution in [3.8, 4) is 0 Å². The van der Waals surface area contributed by atoms with Gasteiger partial charge in [0.2, 0.25) is 11.8 Å². The second-order valence-corrected chi connectivity index (χ2v) is 43.6. The number of nitrogens with zero attached hydrogens (tertiary/aromatic N) is 27. The molecular weight excluding hydrogens is 1910 g/mol. The van der Waals surface area contributed by atoms with Crippen LogP contribution in [0, 0.1) is 0 Å². The number of aliphatic imine (C=N–C) groups is 4. The van der Waals surface area contributed by atoms with Crippen molar-refractivity contribution in [3.05, 3.63) is 0 Å². The zero-order valence-corrected chi connectivity index (χ0v) is 109. The molecule has 0 bridgehead atoms. The highest BCUT2D eigenvalue weighted by atomic mass is 32.2. The number of ether oxygens (including phenoxy) is 6. The lowest BCUT2D eigenvalue weighted by molar-refractivity contribution is -0.178. The third-order valence-electron chi connectivity index (χ3n) is 19.0. The third-order valence-corrected chi connectivity index (χ3v) is 24.9. The van der Waals surface area contributed by atoms with E-state index in [0.717, 1.165) is 37.1 Å². The topological polar surface area (TPSA) is 362 Å². The highest BCUT2D eigenvalue weighted by molar-refractivity contribution is 8.13. The fraction of sp³-hybridized carbons (Fsp3) is 0.880. The van der Waals surface area contributed by atoms with Gasteiger partial charge in [-0.25, -0.2) is 27.2 Å². The van der Waals surface area contributed by atoms with Crippen molar-refractivity contribution in [1.82, 2.24) is 116 Å². The summed E-state index contributed by atoms with van der Waals surface area (Å²) in [4.78, 5) is 123. The van der Waals surface area contributed by atoms with Gasteiger partial charge in [-0.1, -0.05) is 23.5 Å². The molecule has 0 aromatic carbocycles. The van der Waals surface area contributed by atoms with Crippen LogP contribution in [0.25, 0.3) is 0 Å². The fourth-order valence-corrected chi connectivity index (χ4v) is 7.66. The number of carbonyl (C=O) groups excluding carboxylic acids is 7. The average molecular weight is 2140 g/mol. The number of hydrogen-bond donors (Lipinski definition) is 1. The van der Waals surface area contributed by atoms with Crippen LogP contribution in [0.3, 0.4) is 0 Å². The number of methoxy groups -OCH3 is 6. The molecule has 141 heavy (non-hydrogen) atoms. The lowest BCUT2D eigenvalue weighted by atomic mass is 10.2. The maximum atomic E-state index is 10.9. The Morgan fingerprint density at radius 3 is 0.553 bits per heavy atom. The summed E-state index contributed by atoms with van der Waals surface area (Å²) in [5, 5.41) is 3.36. The van der Waals surface area contributed by atoms with E-state index >= 15 is 0 Å². The molecule has 0 aromatic heterocycles. The summed E-state index contributed by atoms with van der Waals surface area (Å²) in [6, 6.07) is 0.0185. The van der Waals surface area contributed by atoms with Gasteiger partial charge in [0.05, 0.1) is 42.1 Å². The molecule has 0 rings (SSSR count). The summed E-state index contributed by atoms with van der Waals surface area (Å²) < 4.78 is 66.7. The highest BCUT2D eigenvalue weighted by Gasteiger charge is 2.23. The zero-order valence-electron chi connectivity index (χ0n) is 105. The number of urea groups is 1. The number of nitrogens with one attached hydrogen (secondary N) is 1. The van der Waals surface area contributed by atoms with Crippen LogP contribution in [0.2, 0.25) is 0 Å². The second kappa shape index (κ2) is 98.6. The molecule has 0 heterocycles. The number of guanidine groups is 2. The van der Waals surface area contributed by atoms with Gasteiger partial charge in [-0.2, -0.15) is 17.0 Å². The molecular formula is C92H226N28O16S5. The number of hydrogen-bond acceptors (Lipinski definition) is 30. The first-order chi connectivity index (χ1) is 62.8. The van der Waals surface area contributed by atoms with E-state index in [1.165, 1.54) is 106 Å². The number of rotatable bonds is 16. The van der Waals surface area contributed by atoms with Gasteiger partial charge in [0, 0.05) is 303 Å². The number of imide groups is 1. The van der Waals surface area contributed by atoms with Gasteiger partial charge in [0.1, 0.15) is 11.4 Å². The van der Waals surface area contributed by atoms with Crippen molar-refractivity contribution >= 4 is 121 Å². The monoisotopic (exact) mass is 2140 g/mol. The number of amidine groups is 2. The fourth-order valence-electron chi connectivity index (χ4n) is 5.26. The molecule has 0 unspecified atom stereocenters. The molecule has 0 aromatic rings. The maximum Gasteiger partial charge on any atom is 0.408 e. The van der Waals surface area contributed by atoms with Gasteiger partial charge in [-0.3, -0.25) is 73.4 Å². The van der Waals surface area contributed by atoms with Crippen molar-refractivity contribution in [3.63, 3.8) is 0 Å². The molecule has 0 fully saturated rings. The van der Waals surface area contributed by atoms with Gasteiger partial charge in [-0.05, 0) is 207 Å². The van der Waals surface area contributed by atoms with E-state index in [1.54, 1.807) is 200 Å². The van der Waals surface area contributed by atoms with E-state index in [2.05, 4.69) is 159 Å². The molecule has 0 radical (unpaired) electrons. The van der Waals surface area contributed by atoms with E-state index in [-0.39, 0.29) is 63.3 Å². The standard InChI is InChI=1S/C7H18N2.2C6H15N3.C6H16N2.2C6H15NO.C6H15NS.C5H12N2O.2C5H12N2.C5H9NO2.C5H12O2.C4H12N2O2S.C4H12N2OS.2C4H9NO2.2C4H9NOS/c1-7(2,8(3)4)9(5)6;2*1-7-6(8(2)3)9(4)5;1-6(2,7-3)8(4)5;3*1-6(2,8-5)7(3)4;1-6(2)5(8)7(3)4;2*1-5(6-2)7(3)4;1-4(7)6(3)5(2)8;1-5(2,6-3)7-4;1-5(2)9(7,8)6(3)4;1-5(2)8(7)6(3)4;4*1-5(2)4(6)7-3/h1-6H3;2*1-5H3;7H,1-5H3;3*1-5H3;1-4H3;2*1-4H3;1-3H3;1-4H3;1-4H3;1-4H3;4*1-3H3. The van der Waals surface area contributed by atoms with Crippen LogP contribution < -0.4 is 5.32 Å². The highest BCUT2D eigenvalue weighted by Crippen LogP contribution is 2.22. The minimum absolute atomic E-state index is 0.0185. The lowest BCUT2D eigenvalue weighted by Gasteiger charge is -2.38. The van der Waals surface area contributed by atoms with E-state index < -0.39 is 27.2 Å². The molecule has 860 valence electrons. The Morgan fingerprint density at radius 2 is 0.553 bits per heavy atom. The molecule has 0 aliphatic heterocycles. The molecule has 44 nitrogen and oxygen atoms in total. The largest absolute Gasteiger partial charge is 0.453 e. The van der Waals surface area contributed by atoms with Crippen LogP contribution in [0.1, 0.15) is 111 Å². The summed E-state index contributed by atoms with van der Waals surface area (Å²) in [5.74, 6) is 3.21. The van der Waals surface area contributed by atoms with E-state index in [1.807, 2.05) is 226 Å². The Hall–Kier alpha value is -6.08. The van der Waals surface area contributed by atoms with Crippen molar-refractivity contribution in [2.24, 2.45) is 20.0 Å². The Bertz CT molecular complexity index is 2970. The first kappa shape index (κ1) is 177. The van der Waals surface area contributed by atoms with Gasteiger partial charge < -0.3 is 92.5 Å². The first-order valence-corrected chi connectivity index (χ1v) is 50.3. The normalized spacial score (nSPS) is 10.7. The van der Waals surface area contributed by atoms with Crippen LogP contribution in [0.15, 0.2) is 20.0 Å². The van der Waals surface area contributed by atoms with Crippen molar-refractivity contribution in [1.29, 1.82) is 0 Å². The lowest BCUT2D eigenvalue weighted by Crippen LogP contribution is -2.49. The SMILES string of the molecule is CC(=O)N(C)C(C)=O.CN(C)C(=O)N(C)C.CN(C)C(C)(C)N(C)C.CN(C)S(=O)(=O)N(C)C.CN(C)S(=O)N(C)C.CN=C(C)N(C)C.CN=C(C)N(C)C.CN=C(N(C)C)N(C)C.CN=C(N(C)C)N(C)C.CNC(C)(C)N(C)C.COC(=O)N(C)C.COC(=O)N(C)C.COC(C)(C)N(C)C.COC(C)(C)N(C)C.COC(C)(C)OC.CSC(=O)N(C)C.CSC(=O)N(C)C.CSC(C)(C)N(C)C. The molecule has 0 saturated carbocycles. The van der Waals surface area contributed by atoms with Gasteiger partial charge in [0.15, 0.2) is 28.9 Å². The van der Waals surface area contributed by atoms with Gasteiger partial charge in [-0.15, -0.1) is 11.8 Å². The Balaban J connectivity index is -0.0000000711. The summed E-state index contributed by atoms with van der Waals surface area (Å²) in [7, 11) is 98.5. The van der Waals surface area contributed by atoms with Crippen molar-refractivity contribution < 1.29 is 74.6 Å². The molecule has 0 aliphatic rings. The third kappa shape index (κ3) is 119. The maximum absolute atomic E-state index is 10.9. The summed E-state index contributed by atoms with van der Waals surface area (Å²) in [5.41, 5.74) is 0.0417. The quantitative estimate of drug-likeness (QED) is 0.0854. The van der Waals surface area contributed by atoms with E-state index in [9.17, 15) is 46.2 Å². The molecule has 0 spiro atoms. The molecule has 0 aliphatic carbocycles. The summed E-state index contributed by atoms with van der Waals surface area (Å²) >= 11 is 3.34. The molecule has 0 saturated heterocycles. The number of amides is 8. The van der Waals surface area contributed by atoms with Crippen LogP contribution >= 0.6 is 35.3 Å². The number of thioether (sulfide) groups is 3. The predicted octanol–water partition coefficient (Wildman–Crippen LogP) is 9.23. The van der Waals surface area contributed by atoms with Crippen LogP contribution in [-0.2, 0) is 59.4 Å². The van der Waals surface area contributed by atoms with Gasteiger partial charge >= 0.3 is 18.2 Å². The van der Waals surface area contributed by atoms with Crippen molar-refractivity contribution in [2.45, 2.75) is 144 Å². The number of carbonyl (C=O) groups is 7. The van der Waals surface area contributed by atoms with Crippen molar-refractivity contribution in [2.75, 3.05) is 414 Å². The predicted molar refractivity (Wildman–Crippen MR) is 615 cm³/mol. The van der Waals surface area contributed by atoms with E-state index in [4.69, 9.17) is 18.9 Å². The minimum atomic E-state index is -3.15. The summed E-state index contributed by atoms with van der Waals surface area (Å²) in [6.45, 7) is 31.5. The van der Waals surface area contributed by atoms with Gasteiger partial charge in [0.25, 0.3) is 20.7 Å². The van der Waals surface area contributed by atoms with Crippen LogP contribution in [-0.4, -0.2) is 634 Å².